The van der Waals surface area contributed by atoms with Crippen LogP contribution in [0.5, 0.6) is 0 Å². The van der Waals surface area contributed by atoms with Gasteiger partial charge < -0.3 is 9.88 Å². The van der Waals surface area contributed by atoms with Gasteiger partial charge in [-0.1, -0.05) is 6.07 Å². The number of imidazole rings is 1. The molecule has 0 unspecified atom stereocenters. The molecular formula is C18H18N4O. The van der Waals surface area contributed by atoms with E-state index in [9.17, 15) is 4.79 Å². The molecular weight excluding hydrogens is 288 g/mol. The van der Waals surface area contributed by atoms with Crippen LogP contribution >= 0.6 is 0 Å². The number of aryl methyl sites for hydroxylation is 1. The minimum Gasteiger partial charge on any atom is -0.346 e. The van der Waals surface area contributed by atoms with E-state index in [1.807, 2.05) is 43.4 Å². The molecule has 1 saturated carbocycles. The smallest absolute Gasteiger partial charge is 0.251 e. The molecule has 1 aliphatic carbocycles. The standard InChI is InChI=1S/C18H18N4O/c1-22-16-8-7-13(10-15(16)21-17(22)12-5-6-12)18(23)20-11-14-4-2-3-9-19-14/h2-4,7-10,12H,5-6,11H2,1H3,(H,20,23). The lowest BCUT2D eigenvalue weighted by molar-refractivity contribution is 0.0950. The molecule has 1 aliphatic rings. The second-order valence-electron chi connectivity index (χ2n) is 6.01. The number of nitrogens with one attached hydrogen (secondary N) is 1. The Morgan fingerprint density at radius 2 is 2.17 bits per heavy atom. The van der Waals surface area contributed by atoms with Crippen LogP contribution in [0.15, 0.2) is 42.6 Å². The Labute approximate surface area is 134 Å². The fraction of sp³-hybridized carbons (Fsp3) is 0.278. The van der Waals surface area contributed by atoms with Gasteiger partial charge >= 0.3 is 0 Å². The molecule has 2 aromatic heterocycles. The predicted molar refractivity (Wildman–Crippen MR) is 88.1 cm³/mol. The van der Waals surface area contributed by atoms with E-state index in [2.05, 4.69) is 14.9 Å². The van der Waals surface area contributed by atoms with Gasteiger partial charge in [-0.2, -0.15) is 0 Å². The highest BCUT2D eigenvalue weighted by atomic mass is 16.1. The van der Waals surface area contributed by atoms with E-state index < -0.39 is 0 Å². The Bertz CT molecular complexity index is 865. The summed E-state index contributed by atoms with van der Waals surface area (Å²) in [7, 11) is 2.05. The molecule has 116 valence electrons. The molecule has 2 heterocycles. The van der Waals surface area contributed by atoms with Crippen molar-refractivity contribution in [2.24, 2.45) is 7.05 Å². The molecule has 0 atom stereocenters. The Hall–Kier alpha value is -2.69. The zero-order valence-electron chi connectivity index (χ0n) is 13.0. The second-order valence-corrected chi connectivity index (χ2v) is 6.01. The monoisotopic (exact) mass is 306 g/mol. The summed E-state index contributed by atoms with van der Waals surface area (Å²) in [5, 5.41) is 2.90. The molecule has 0 bridgehead atoms. The number of amides is 1. The number of fused-ring (bicyclic) bond motifs is 1. The maximum atomic E-state index is 12.3. The average molecular weight is 306 g/mol. The third-order valence-electron chi connectivity index (χ3n) is 4.28. The number of rotatable bonds is 4. The van der Waals surface area contributed by atoms with Crippen LogP contribution in [-0.2, 0) is 13.6 Å². The Morgan fingerprint density at radius 1 is 1.30 bits per heavy atom. The summed E-state index contributed by atoms with van der Waals surface area (Å²) in [6.07, 6.45) is 4.16. The molecule has 0 spiro atoms. The quantitative estimate of drug-likeness (QED) is 0.806. The topological polar surface area (TPSA) is 59.8 Å². The van der Waals surface area contributed by atoms with Crippen LogP contribution in [0.25, 0.3) is 11.0 Å². The maximum Gasteiger partial charge on any atom is 0.251 e. The molecule has 5 nitrogen and oxygen atoms in total. The number of nitrogens with zero attached hydrogens (tertiary/aromatic N) is 3. The van der Waals surface area contributed by atoms with E-state index in [0.717, 1.165) is 22.6 Å². The van der Waals surface area contributed by atoms with Gasteiger partial charge in [-0.05, 0) is 43.2 Å². The first-order valence-electron chi connectivity index (χ1n) is 7.87. The summed E-state index contributed by atoms with van der Waals surface area (Å²) in [6.45, 7) is 0.424. The number of benzene rings is 1. The highest BCUT2D eigenvalue weighted by Crippen LogP contribution is 2.40. The van der Waals surface area contributed by atoms with Crippen molar-refractivity contribution < 1.29 is 4.79 Å². The Morgan fingerprint density at radius 3 is 2.91 bits per heavy atom. The number of pyridine rings is 1. The van der Waals surface area contributed by atoms with Gasteiger partial charge in [0.05, 0.1) is 23.3 Å². The fourth-order valence-corrected chi connectivity index (χ4v) is 2.84. The molecule has 1 fully saturated rings. The molecule has 0 saturated heterocycles. The van der Waals surface area contributed by atoms with Crippen LogP contribution in [0, 0.1) is 0 Å². The van der Waals surface area contributed by atoms with Gasteiger partial charge in [-0.15, -0.1) is 0 Å². The van der Waals surface area contributed by atoms with Crippen molar-refractivity contribution in [2.75, 3.05) is 0 Å². The van der Waals surface area contributed by atoms with Crippen LogP contribution in [0.3, 0.4) is 0 Å². The van der Waals surface area contributed by atoms with E-state index in [1.165, 1.54) is 12.8 Å². The van der Waals surface area contributed by atoms with Gasteiger partial charge in [0.25, 0.3) is 5.91 Å². The average Bonchev–Trinajstić information content (AvgIpc) is 3.38. The van der Waals surface area contributed by atoms with Gasteiger partial charge in [0.2, 0.25) is 0 Å². The summed E-state index contributed by atoms with van der Waals surface area (Å²) >= 11 is 0. The molecule has 0 aliphatic heterocycles. The van der Waals surface area contributed by atoms with Crippen LogP contribution in [0.1, 0.15) is 40.6 Å². The van der Waals surface area contributed by atoms with Crippen molar-refractivity contribution in [3.8, 4) is 0 Å². The zero-order chi connectivity index (χ0) is 15.8. The molecule has 5 heteroatoms. The minimum absolute atomic E-state index is 0.101. The SMILES string of the molecule is Cn1c(C2CC2)nc2cc(C(=O)NCc3ccccn3)ccc21. The van der Waals surface area contributed by atoms with Crippen molar-refractivity contribution in [1.82, 2.24) is 19.9 Å². The van der Waals surface area contributed by atoms with Crippen LogP contribution in [0.4, 0.5) is 0 Å². The molecule has 23 heavy (non-hydrogen) atoms. The normalized spacial score (nSPS) is 14.1. The van der Waals surface area contributed by atoms with Crippen LogP contribution < -0.4 is 5.32 Å². The van der Waals surface area contributed by atoms with E-state index >= 15 is 0 Å². The van der Waals surface area contributed by atoms with E-state index in [0.29, 0.717) is 18.0 Å². The van der Waals surface area contributed by atoms with Gasteiger partial charge in [0.1, 0.15) is 5.82 Å². The lowest BCUT2D eigenvalue weighted by Crippen LogP contribution is -2.23. The molecule has 4 rings (SSSR count). The number of hydrogen-bond acceptors (Lipinski definition) is 3. The van der Waals surface area contributed by atoms with Crippen molar-refractivity contribution in [1.29, 1.82) is 0 Å². The zero-order valence-corrected chi connectivity index (χ0v) is 13.0. The number of hydrogen-bond donors (Lipinski definition) is 1. The van der Waals surface area contributed by atoms with Gasteiger partial charge in [0.15, 0.2) is 0 Å². The van der Waals surface area contributed by atoms with Crippen molar-refractivity contribution in [3.05, 3.63) is 59.7 Å². The largest absolute Gasteiger partial charge is 0.346 e. The second kappa shape index (κ2) is 5.50. The van der Waals surface area contributed by atoms with Crippen molar-refractivity contribution in [2.45, 2.75) is 25.3 Å². The molecule has 3 aromatic rings. The first-order valence-corrected chi connectivity index (χ1v) is 7.87. The third kappa shape index (κ3) is 2.70. The first kappa shape index (κ1) is 13.9. The minimum atomic E-state index is -0.101. The van der Waals surface area contributed by atoms with Crippen molar-refractivity contribution >= 4 is 16.9 Å². The van der Waals surface area contributed by atoms with Gasteiger partial charge in [0, 0.05) is 24.7 Å². The maximum absolute atomic E-state index is 12.3. The molecule has 0 radical (unpaired) electrons. The Kier molecular flexibility index (Phi) is 3.33. The number of carbonyl (C=O) groups excluding carboxylic acids is 1. The first-order chi connectivity index (χ1) is 11.2. The summed E-state index contributed by atoms with van der Waals surface area (Å²) < 4.78 is 2.14. The van der Waals surface area contributed by atoms with Crippen LogP contribution in [0.2, 0.25) is 0 Å². The molecule has 1 aromatic carbocycles. The predicted octanol–water partition coefficient (Wildman–Crippen LogP) is 2.78. The number of carbonyl (C=O) groups is 1. The highest BCUT2D eigenvalue weighted by molar-refractivity contribution is 5.97. The lowest BCUT2D eigenvalue weighted by atomic mass is 10.2. The molecule has 1 amide bonds. The van der Waals surface area contributed by atoms with Gasteiger partial charge in [-0.3, -0.25) is 9.78 Å². The summed E-state index contributed by atoms with van der Waals surface area (Å²) in [4.78, 5) is 21.2. The lowest BCUT2D eigenvalue weighted by Gasteiger charge is -2.05. The van der Waals surface area contributed by atoms with E-state index in [1.54, 1.807) is 6.20 Å². The summed E-state index contributed by atoms with van der Waals surface area (Å²) in [5.41, 5.74) is 3.44. The summed E-state index contributed by atoms with van der Waals surface area (Å²) in [5.74, 6) is 1.62. The van der Waals surface area contributed by atoms with E-state index in [4.69, 9.17) is 4.98 Å². The Balaban J connectivity index is 1.55. The molecule has 1 N–H and O–H groups in total. The third-order valence-corrected chi connectivity index (χ3v) is 4.28. The highest BCUT2D eigenvalue weighted by Gasteiger charge is 2.28. The summed E-state index contributed by atoms with van der Waals surface area (Å²) in [6, 6.07) is 11.4. The van der Waals surface area contributed by atoms with Crippen molar-refractivity contribution in [3.63, 3.8) is 0 Å². The van der Waals surface area contributed by atoms with Crippen LogP contribution in [-0.4, -0.2) is 20.4 Å². The fourth-order valence-electron chi connectivity index (χ4n) is 2.84. The number of aromatic nitrogens is 3. The van der Waals surface area contributed by atoms with E-state index in [-0.39, 0.29) is 5.91 Å². The van der Waals surface area contributed by atoms with Gasteiger partial charge in [-0.25, -0.2) is 4.98 Å².